The van der Waals surface area contributed by atoms with Gasteiger partial charge in [0.15, 0.2) is 18.3 Å². The Balaban J connectivity index is 0.890. The summed E-state index contributed by atoms with van der Waals surface area (Å²) in [6.07, 6.45) is -11.1. The van der Waals surface area contributed by atoms with E-state index in [1.54, 1.807) is 10.7 Å². The van der Waals surface area contributed by atoms with Crippen molar-refractivity contribution in [3.05, 3.63) is 46.3 Å². The fraction of sp³-hybridized carbons (Fsp3) is 0.707. The van der Waals surface area contributed by atoms with E-state index in [0.717, 1.165) is 12.8 Å². The third-order valence-electron chi connectivity index (χ3n) is 13.5. The topological polar surface area (TPSA) is 342 Å². The van der Waals surface area contributed by atoms with Crippen LogP contribution in [0.3, 0.4) is 0 Å². The minimum atomic E-state index is -1.72. The summed E-state index contributed by atoms with van der Waals surface area (Å²) in [5.41, 5.74) is 19.4. The van der Waals surface area contributed by atoms with Crippen LogP contribution in [0.5, 0.6) is 5.75 Å². The van der Waals surface area contributed by atoms with Gasteiger partial charge in [0.2, 0.25) is 5.43 Å². The number of carbonyl (C=O) groups is 1. The molecule has 15 atom stereocenters. The Morgan fingerprint density at radius 3 is 2.26 bits per heavy atom. The van der Waals surface area contributed by atoms with Crippen molar-refractivity contribution in [2.45, 2.75) is 130 Å². The summed E-state index contributed by atoms with van der Waals surface area (Å²) in [5, 5.41) is 83.3. The molecule has 0 spiro atoms. The van der Waals surface area contributed by atoms with Crippen molar-refractivity contribution in [2.75, 3.05) is 50.8 Å². The number of nitrogens with two attached hydrogens (primary N) is 3. The second-order valence-electron chi connectivity index (χ2n) is 17.7. The van der Waals surface area contributed by atoms with Gasteiger partial charge < -0.3 is 86.1 Å². The van der Waals surface area contributed by atoms with Gasteiger partial charge in [-0.15, -0.1) is 5.10 Å². The lowest BCUT2D eigenvalue weighted by atomic mass is 9.77. The van der Waals surface area contributed by atoms with E-state index in [9.17, 15) is 45.3 Å². The van der Waals surface area contributed by atoms with E-state index in [-0.39, 0.29) is 36.6 Å². The molecule has 360 valence electrons. The SMILES string of the molecule is NCC1O[C@H](O[C@@H]2C(N)C[C@H](CCc3cn(CCN4CCN(c5cc6c(cc5F)c(=O)c(OC=O)cn6C5CC5)CC4)nn3)C(OC3O[C@H](CO)C(O)[C@@H](N)[C@@H]3O)[C@@H]2O)C(O)[C@H](O)[C@@H]1O. The van der Waals surface area contributed by atoms with Crippen LogP contribution in [0.2, 0.25) is 0 Å². The number of halogens is 1. The van der Waals surface area contributed by atoms with Gasteiger partial charge in [0.05, 0.1) is 53.8 Å². The van der Waals surface area contributed by atoms with Gasteiger partial charge in [0.25, 0.3) is 6.47 Å². The Hall–Kier alpha value is -3.83. The van der Waals surface area contributed by atoms with E-state index in [1.165, 1.54) is 12.3 Å². The minimum Gasteiger partial charge on any atom is -0.423 e. The average molecular weight is 922 g/mol. The van der Waals surface area contributed by atoms with Crippen LogP contribution in [0.1, 0.15) is 37.4 Å². The highest BCUT2D eigenvalue weighted by atomic mass is 19.1. The highest BCUT2D eigenvalue weighted by molar-refractivity contribution is 5.85. The molecule has 3 saturated heterocycles. The predicted octanol–water partition coefficient (Wildman–Crippen LogP) is -4.63. The molecule has 5 fully saturated rings. The Morgan fingerprint density at radius 1 is 0.862 bits per heavy atom. The molecule has 23 nitrogen and oxygen atoms in total. The van der Waals surface area contributed by atoms with Crippen molar-refractivity contribution < 1.29 is 68.6 Å². The third-order valence-corrected chi connectivity index (χ3v) is 13.5. The molecular formula is C41H60FN9O14. The number of hydrogen-bond donors (Lipinski definition) is 10. The van der Waals surface area contributed by atoms with Gasteiger partial charge in [-0.2, -0.15) is 0 Å². The molecular weight excluding hydrogens is 861 g/mol. The van der Waals surface area contributed by atoms with E-state index < -0.39 is 109 Å². The summed E-state index contributed by atoms with van der Waals surface area (Å²) in [7, 11) is 0. The van der Waals surface area contributed by atoms with Crippen LogP contribution in [0, 0.1) is 11.7 Å². The van der Waals surface area contributed by atoms with Gasteiger partial charge in [0.1, 0.15) is 60.8 Å². The van der Waals surface area contributed by atoms with Crippen LogP contribution in [-0.2, 0) is 36.7 Å². The average Bonchev–Trinajstić information content (AvgIpc) is 4.05. The molecule has 24 heteroatoms. The van der Waals surface area contributed by atoms with Crippen LogP contribution < -0.4 is 32.3 Å². The zero-order valence-corrected chi connectivity index (χ0v) is 35.6. The lowest BCUT2D eigenvalue weighted by molar-refractivity contribution is -0.335. The summed E-state index contributed by atoms with van der Waals surface area (Å²) >= 11 is 0. The van der Waals surface area contributed by atoms with Crippen molar-refractivity contribution in [1.82, 2.24) is 24.5 Å². The molecule has 5 aliphatic rings. The first-order chi connectivity index (χ1) is 31.2. The normalized spacial score (nSPS) is 36.0. The molecule has 2 saturated carbocycles. The Kier molecular flexibility index (Phi) is 14.8. The number of pyridine rings is 1. The zero-order valence-electron chi connectivity index (χ0n) is 35.6. The van der Waals surface area contributed by atoms with E-state index >= 15 is 4.39 Å². The molecule has 1 aromatic carbocycles. The molecule has 6 unspecified atom stereocenters. The van der Waals surface area contributed by atoms with E-state index in [4.69, 9.17) is 40.9 Å². The van der Waals surface area contributed by atoms with Crippen molar-refractivity contribution in [2.24, 2.45) is 23.1 Å². The van der Waals surface area contributed by atoms with E-state index in [0.29, 0.717) is 69.0 Å². The largest absolute Gasteiger partial charge is 0.423 e. The van der Waals surface area contributed by atoms with Gasteiger partial charge in [-0.25, -0.2) is 4.39 Å². The smallest absolute Gasteiger partial charge is 0.298 e. The molecule has 3 aromatic rings. The van der Waals surface area contributed by atoms with Crippen LogP contribution in [0.15, 0.2) is 29.3 Å². The van der Waals surface area contributed by atoms with Crippen LogP contribution in [0.4, 0.5) is 10.1 Å². The number of nitrogens with zero attached hydrogens (tertiary/aromatic N) is 6. The van der Waals surface area contributed by atoms with Gasteiger partial charge in [0, 0.05) is 57.5 Å². The number of ether oxygens (including phenoxy) is 5. The summed E-state index contributed by atoms with van der Waals surface area (Å²) in [5.74, 6) is -1.18. The first-order valence-electron chi connectivity index (χ1n) is 22.1. The molecule has 0 bridgehead atoms. The monoisotopic (exact) mass is 921 g/mol. The van der Waals surface area contributed by atoms with Crippen molar-refractivity contribution in [1.29, 1.82) is 0 Å². The maximum atomic E-state index is 15.6. The van der Waals surface area contributed by atoms with Gasteiger partial charge >= 0.3 is 0 Å². The lowest BCUT2D eigenvalue weighted by Crippen LogP contribution is -2.66. The number of hydrogen-bond acceptors (Lipinski definition) is 21. The molecule has 8 rings (SSSR count). The standard InChI is InChI=1S/C41H60FN9O14/c42-23-12-22-25(51(21-3-4-21)16-28(31(22)54)61-18-53)13-26(23)49-8-5-48(6-9-49)7-10-50-15-20(46-47-50)2-1-19-11-24(44)39(65-41-36(59)35(58)33(56)27(14-43)62-41)37(60)38(19)64-40-34(57)30(45)32(55)29(17-52)63-40/h12-13,15-16,18-19,21,24,27,29-30,32-41,52,55-60H,1-11,14,17,43-45H2/t19-,24?,27?,29+,30+,32?,33+,34-,35+,36?,37-,38?,39+,40?,41+/m0/s1. The molecule has 0 radical (unpaired) electrons. The quantitative estimate of drug-likeness (QED) is 0.0604. The minimum absolute atomic E-state index is 0.132. The Morgan fingerprint density at radius 2 is 1.57 bits per heavy atom. The van der Waals surface area contributed by atoms with E-state index in [1.807, 2.05) is 15.7 Å². The van der Waals surface area contributed by atoms with Crippen LogP contribution in [-0.4, -0.2) is 198 Å². The zero-order chi connectivity index (χ0) is 46.3. The second kappa shape index (κ2) is 20.2. The van der Waals surface area contributed by atoms with Crippen molar-refractivity contribution >= 4 is 23.1 Å². The molecule has 5 heterocycles. The first-order valence-corrected chi connectivity index (χ1v) is 22.1. The van der Waals surface area contributed by atoms with Crippen LogP contribution >= 0.6 is 0 Å². The second-order valence-corrected chi connectivity index (χ2v) is 17.7. The number of rotatable bonds is 16. The fourth-order valence-electron chi connectivity index (χ4n) is 9.47. The predicted molar refractivity (Wildman–Crippen MR) is 223 cm³/mol. The molecule has 3 aliphatic heterocycles. The number of anilines is 1. The number of carbonyl (C=O) groups excluding carboxylic acids is 1. The van der Waals surface area contributed by atoms with Gasteiger partial charge in [-0.05, 0) is 50.2 Å². The van der Waals surface area contributed by atoms with Crippen molar-refractivity contribution in [3.8, 4) is 5.75 Å². The summed E-state index contributed by atoms with van der Waals surface area (Å²) in [6.45, 7) is 2.86. The molecule has 65 heavy (non-hydrogen) atoms. The Labute approximate surface area is 371 Å². The summed E-state index contributed by atoms with van der Waals surface area (Å²) in [6, 6.07) is 0.952. The van der Waals surface area contributed by atoms with Crippen LogP contribution in [0.25, 0.3) is 10.9 Å². The molecule has 2 aromatic heterocycles. The fourth-order valence-corrected chi connectivity index (χ4v) is 9.47. The number of aryl methyl sites for hydroxylation is 1. The first kappa shape index (κ1) is 47.7. The number of aliphatic hydroxyl groups is 7. The lowest BCUT2D eigenvalue weighted by Gasteiger charge is -2.49. The summed E-state index contributed by atoms with van der Waals surface area (Å²) < 4.78 is 47.6. The number of fused-ring (bicyclic) bond motifs is 1. The number of piperazine rings is 1. The molecule has 2 aliphatic carbocycles. The van der Waals surface area contributed by atoms with E-state index in [2.05, 4.69) is 15.2 Å². The Bertz CT molecular complexity index is 2160. The maximum absolute atomic E-state index is 15.6. The number of benzene rings is 1. The maximum Gasteiger partial charge on any atom is 0.298 e. The van der Waals surface area contributed by atoms with Crippen molar-refractivity contribution in [3.63, 3.8) is 0 Å². The number of aromatic nitrogens is 4. The molecule has 0 amide bonds. The van der Waals surface area contributed by atoms with Gasteiger partial charge in [-0.3, -0.25) is 19.2 Å². The van der Waals surface area contributed by atoms with Gasteiger partial charge in [-0.1, -0.05) is 5.21 Å². The number of aliphatic hydroxyl groups excluding tert-OH is 7. The molecule has 13 N–H and O–H groups in total. The highest BCUT2D eigenvalue weighted by Crippen LogP contribution is 2.40. The summed E-state index contributed by atoms with van der Waals surface area (Å²) in [4.78, 5) is 28.2. The highest BCUT2D eigenvalue weighted by Gasteiger charge is 2.52. The third kappa shape index (κ3) is 9.93.